The maximum atomic E-state index is 11.2. The Morgan fingerprint density at radius 3 is 2.14 bits per heavy atom. The molecule has 0 fully saturated rings. The molecule has 5 nitrogen and oxygen atoms in total. The van der Waals surface area contributed by atoms with E-state index in [0.29, 0.717) is 13.0 Å². The maximum absolute atomic E-state index is 11.2. The number of halogens is 3. The highest BCUT2D eigenvalue weighted by Crippen LogP contribution is 2.13. The van der Waals surface area contributed by atoms with E-state index >= 15 is 0 Å². The molecule has 0 aliphatic heterocycles. The average molecular weight is 307 g/mol. The van der Waals surface area contributed by atoms with Gasteiger partial charge in [-0.15, -0.1) is 0 Å². The standard InChI is InChI=1S/C11H15NO2.C2HF3O2/c1-2-10(12)11(13)14-8-9-6-4-3-5-7-9;3-2(4,5)1(6)7/h3-7,10H,2,8,12H2,1H3;(H,6,7). The van der Waals surface area contributed by atoms with Gasteiger partial charge >= 0.3 is 18.1 Å². The lowest BCUT2D eigenvalue weighted by Crippen LogP contribution is -2.31. The zero-order valence-corrected chi connectivity index (χ0v) is 11.3. The van der Waals surface area contributed by atoms with Gasteiger partial charge in [-0.2, -0.15) is 13.2 Å². The van der Waals surface area contributed by atoms with Gasteiger partial charge in [-0.1, -0.05) is 37.3 Å². The van der Waals surface area contributed by atoms with E-state index in [0.717, 1.165) is 5.56 Å². The number of carboxylic acids is 1. The molecule has 1 aromatic rings. The second kappa shape index (κ2) is 8.96. The molecule has 0 radical (unpaired) electrons. The zero-order valence-electron chi connectivity index (χ0n) is 11.3. The van der Waals surface area contributed by atoms with E-state index < -0.39 is 18.2 Å². The number of ether oxygens (including phenoxy) is 1. The van der Waals surface area contributed by atoms with Gasteiger partial charge in [0, 0.05) is 0 Å². The van der Waals surface area contributed by atoms with Crippen LogP contribution in [0.4, 0.5) is 13.2 Å². The molecule has 0 bridgehead atoms. The summed E-state index contributed by atoms with van der Waals surface area (Å²) in [5.74, 6) is -3.09. The van der Waals surface area contributed by atoms with Crippen molar-refractivity contribution in [1.29, 1.82) is 0 Å². The first-order valence-corrected chi connectivity index (χ1v) is 5.94. The highest BCUT2D eigenvalue weighted by molar-refractivity contribution is 5.75. The second-order valence-corrected chi connectivity index (χ2v) is 3.91. The van der Waals surface area contributed by atoms with Crippen LogP contribution in [0.2, 0.25) is 0 Å². The summed E-state index contributed by atoms with van der Waals surface area (Å²) >= 11 is 0. The normalized spacial score (nSPS) is 11.9. The Morgan fingerprint density at radius 2 is 1.76 bits per heavy atom. The Kier molecular flexibility index (Phi) is 8.07. The summed E-state index contributed by atoms with van der Waals surface area (Å²) in [7, 11) is 0. The number of nitrogens with two attached hydrogens (primary N) is 1. The summed E-state index contributed by atoms with van der Waals surface area (Å²) in [6.45, 7) is 2.15. The first kappa shape index (κ1) is 18.9. The van der Waals surface area contributed by atoms with Crippen LogP contribution in [0.25, 0.3) is 0 Å². The summed E-state index contributed by atoms with van der Waals surface area (Å²) in [6, 6.07) is 9.04. The lowest BCUT2D eigenvalue weighted by atomic mass is 10.2. The molecule has 0 saturated heterocycles. The maximum Gasteiger partial charge on any atom is 0.490 e. The summed E-state index contributed by atoms with van der Waals surface area (Å²) in [5, 5.41) is 7.12. The van der Waals surface area contributed by atoms with E-state index in [2.05, 4.69) is 0 Å². The molecule has 0 spiro atoms. The Hall–Kier alpha value is -2.09. The van der Waals surface area contributed by atoms with Gasteiger partial charge in [-0.25, -0.2) is 4.79 Å². The van der Waals surface area contributed by atoms with Crippen LogP contribution >= 0.6 is 0 Å². The van der Waals surface area contributed by atoms with Crippen molar-refractivity contribution in [1.82, 2.24) is 0 Å². The zero-order chi connectivity index (χ0) is 16.5. The van der Waals surface area contributed by atoms with Crippen molar-refractivity contribution in [3.8, 4) is 0 Å². The molecule has 0 aliphatic carbocycles. The number of hydrogen-bond acceptors (Lipinski definition) is 4. The molecule has 0 heterocycles. The number of carbonyl (C=O) groups excluding carboxylic acids is 1. The van der Waals surface area contributed by atoms with E-state index in [1.807, 2.05) is 37.3 Å². The number of alkyl halides is 3. The Balaban J connectivity index is 0.000000486. The van der Waals surface area contributed by atoms with Gasteiger partial charge < -0.3 is 15.6 Å². The van der Waals surface area contributed by atoms with Crippen LogP contribution in [-0.4, -0.2) is 29.3 Å². The van der Waals surface area contributed by atoms with Gasteiger partial charge in [0.15, 0.2) is 0 Å². The minimum atomic E-state index is -5.08. The number of carbonyl (C=O) groups is 2. The first-order chi connectivity index (χ1) is 9.68. The predicted molar refractivity (Wildman–Crippen MR) is 68.2 cm³/mol. The first-order valence-electron chi connectivity index (χ1n) is 5.94. The SMILES string of the molecule is CCC(N)C(=O)OCc1ccccc1.O=C(O)C(F)(F)F. The molecule has 1 rings (SSSR count). The molecule has 118 valence electrons. The van der Waals surface area contributed by atoms with Gasteiger partial charge in [-0.3, -0.25) is 4.79 Å². The smallest absolute Gasteiger partial charge is 0.475 e. The van der Waals surface area contributed by atoms with E-state index in [1.165, 1.54) is 0 Å². The lowest BCUT2D eigenvalue weighted by molar-refractivity contribution is -0.192. The van der Waals surface area contributed by atoms with Gasteiger partial charge in [-0.05, 0) is 12.0 Å². The molecule has 0 aromatic heterocycles. The molecular weight excluding hydrogens is 291 g/mol. The second-order valence-electron chi connectivity index (χ2n) is 3.91. The highest BCUT2D eigenvalue weighted by Gasteiger charge is 2.38. The molecule has 1 atom stereocenters. The minimum Gasteiger partial charge on any atom is -0.475 e. The molecule has 0 saturated carbocycles. The monoisotopic (exact) mass is 307 g/mol. The Labute approximate surface area is 119 Å². The third-order valence-electron chi connectivity index (χ3n) is 2.21. The number of benzene rings is 1. The molecule has 21 heavy (non-hydrogen) atoms. The van der Waals surface area contributed by atoms with Crippen molar-refractivity contribution in [3.63, 3.8) is 0 Å². The molecule has 0 aliphatic rings. The summed E-state index contributed by atoms with van der Waals surface area (Å²) in [6.07, 6.45) is -4.48. The van der Waals surface area contributed by atoms with Crippen LogP contribution in [0.1, 0.15) is 18.9 Å². The fourth-order valence-corrected chi connectivity index (χ4v) is 1.00. The highest BCUT2D eigenvalue weighted by atomic mass is 19.4. The van der Waals surface area contributed by atoms with Crippen LogP contribution in [0.3, 0.4) is 0 Å². The van der Waals surface area contributed by atoms with Crippen LogP contribution < -0.4 is 5.73 Å². The third-order valence-corrected chi connectivity index (χ3v) is 2.21. The number of esters is 1. The largest absolute Gasteiger partial charge is 0.490 e. The van der Waals surface area contributed by atoms with Crippen molar-refractivity contribution < 1.29 is 32.6 Å². The fourth-order valence-electron chi connectivity index (χ4n) is 1.00. The van der Waals surface area contributed by atoms with Gasteiger partial charge in [0.2, 0.25) is 0 Å². The molecule has 0 amide bonds. The van der Waals surface area contributed by atoms with Crippen LogP contribution in [0, 0.1) is 0 Å². The quantitative estimate of drug-likeness (QED) is 0.831. The van der Waals surface area contributed by atoms with Gasteiger partial charge in [0.25, 0.3) is 0 Å². The van der Waals surface area contributed by atoms with Gasteiger partial charge in [0.1, 0.15) is 12.6 Å². The summed E-state index contributed by atoms with van der Waals surface area (Å²) < 4.78 is 36.8. The fraction of sp³-hybridized carbons (Fsp3) is 0.385. The van der Waals surface area contributed by atoms with E-state index in [-0.39, 0.29) is 5.97 Å². The minimum absolute atomic E-state index is 0.299. The van der Waals surface area contributed by atoms with Crippen molar-refractivity contribution in [2.75, 3.05) is 0 Å². The van der Waals surface area contributed by atoms with Crippen molar-refractivity contribution in [2.24, 2.45) is 5.73 Å². The predicted octanol–water partition coefficient (Wildman–Crippen LogP) is 2.10. The van der Waals surface area contributed by atoms with Crippen LogP contribution in [0.5, 0.6) is 0 Å². The van der Waals surface area contributed by atoms with Crippen molar-refractivity contribution in [3.05, 3.63) is 35.9 Å². The van der Waals surface area contributed by atoms with E-state index in [9.17, 15) is 18.0 Å². The topological polar surface area (TPSA) is 89.6 Å². The third kappa shape index (κ3) is 8.64. The van der Waals surface area contributed by atoms with Gasteiger partial charge in [0.05, 0.1) is 0 Å². The number of carboxylic acid groups (broad SMARTS) is 1. The molecule has 1 aromatic carbocycles. The average Bonchev–Trinajstić information content (AvgIpc) is 2.44. The Bertz CT molecular complexity index is 448. The van der Waals surface area contributed by atoms with Crippen molar-refractivity contribution >= 4 is 11.9 Å². The van der Waals surface area contributed by atoms with E-state index in [4.69, 9.17) is 20.4 Å². The van der Waals surface area contributed by atoms with E-state index in [1.54, 1.807) is 0 Å². The molecule has 3 N–H and O–H groups in total. The summed E-state index contributed by atoms with van der Waals surface area (Å²) in [4.78, 5) is 20.1. The molecule has 1 unspecified atom stereocenters. The number of rotatable bonds is 4. The number of hydrogen-bond donors (Lipinski definition) is 2. The lowest BCUT2D eigenvalue weighted by Gasteiger charge is -2.08. The Morgan fingerprint density at radius 1 is 1.29 bits per heavy atom. The molecule has 8 heteroatoms. The van der Waals surface area contributed by atoms with Crippen LogP contribution in [0.15, 0.2) is 30.3 Å². The van der Waals surface area contributed by atoms with Crippen molar-refractivity contribution in [2.45, 2.75) is 32.2 Å². The molecular formula is C13H16F3NO4. The number of aliphatic carboxylic acids is 1. The summed E-state index contributed by atoms with van der Waals surface area (Å²) in [5.41, 5.74) is 6.48. The van der Waals surface area contributed by atoms with Crippen LogP contribution in [-0.2, 0) is 20.9 Å².